The van der Waals surface area contributed by atoms with E-state index in [0.717, 1.165) is 37.8 Å². The van der Waals surface area contributed by atoms with E-state index in [9.17, 15) is 13.2 Å². The molecule has 2 aliphatic rings. The molecule has 3 rings (SSSR count). The van der Waals surface area contributed by atoms with Crippen molar-refractivity contribution in [3.05, 3.63) is 29.8 Å². The minimum absolute atomic E-state index is 0. The van der Waals surface area contributed by atoms with Gasteiger partial charge in [-0.2, -0.15) is 4.31 Å². The van der Waals surface area contributed by atoms with Crippen LogP contribution in [0.3, 0.4) is 0 Å². The summed E-state index contributed by atoms with van der Waals surface area (Å²) in [5, 5.41) is 3.03. The standard InChI is InChI=1S/C19H29N3O3S.ClH/c1-16-6-8-18(9-7-16)26(24,25)22-14-12-21(13-15-22)11-10-20-19(23)17-4-2-3-5-17;/h6-9,17H,2-5,10-15H2,1H3,(H,20,23);1H. The van der Waals surface area contributed by atoms with Gasteiger partial charge >= 0.3 is 0 Å². The number of aryl methyl sites for hydroxylation is 1. The highest BCUT2D eigenvalue weighted by atomic mass is 35.5. The molecule has 1 aliphatic heterocycles. The van der Waals surface area contributed by atoms with Crippen LogP contribution in [-0.2, 0) is 14.8 Å². The fourth-order valence-corrected chi connectivity index (χ4v) is 5.14. The first kappa shape index (κ1) is 22.1. The molecule has 1 saturated heterocycles. The number of nitrogens with one attached hydrogen (secondary N) is 1. The number of sulfonamides is 1. The van der Waals surface area contributed by atoms with E-state index in [1.165, 1.54) is 0 Å². The van der Waals surface area contributed by atoms with Gasteiger partial charge in [-0.1, -0.05) is 30.5 Å². The second-order valence-electron chi connectivity index (χ2n) is 7.33. The molecular formula is C19H30ClN3O3S. The zero-order valence-electron chi connectivity index (χ0n) is 15.9. The molecule has 6 nitrogen and oxygen atoms in total. The highest BCUT2D eigenvalue weighted by Crippen LogP contribution is 2.24. The molecule has 8 heteroatoms. The van der Waals surface area contributed by atoms with Gasteiger partial charge in [-0.25, -0.2) is 8.42 Å². The number of hydrogen-bond acceptors (Lipinski definition) is 4. The summed E-state index contributed by atoms with van der Waals surface area (Å²) < 4.78 is 27.0. The van der Waals surface area contributed by atoms with Crippen LogP contribution in [0, 0.1) is 12.8 Å². The maximum Gasteiger partial charge on any atom is 0.243 e. The number of piperazine rings is 1. The summed E-state index contributed by atoms with van der Waals surface area (Å²) in [4.78, 5) is 14.6. The molecule has 1 aliphatic carbocycles. The summed E-state index contributed by atoms with van der Waals surface area (Å²) in [5.74, 6) is 0.384. The molecule has 1 saturated carbocycles. The number of carbonyl (C=O) groups is 1. The number of amides is 1. The van der Waals surface area contributed by atoms with Crippen LogP contribution in [0.4, 0.5) is 0 Å². The van der Waals surface area contributed by atoms with Crippen LogP contribution in [-0.4, -0.2) is 62.8 Å². The van der Waals surface area contributed by atoms with Gasteiger partial charge in [0.2, 0.25) is 15.9 Å². The van der Waals surface area contributed by atoms with Crippen molar-refractivity contribution in [3.63, 3.8) is 0 Å². The molecular weight excluding hydrogens is 386 g/mol. The highest BCUT2D eigenvalue weighted by Gasteiger charge is 2.28. The van der Waals surface area contributed by atoms with Gasteiger partial charge in [0.05, 0.1) is 4.90 Å². The molecule has 1 aromatic rings. The topological polar surface area (TPSA) is 69.7 Å². The van der Waals surface area contributed by atoms with E-state index >= 15 is 0 Å². The highest BCUT2D eigenvalue weighted by molar-refractivity contribution is 7.89. The Morgan fingerprint density at radius 3 is 2.26 bits per heavy atom. The molecule has 0 bridgehead atoms. The quantitative estimate of drug-likeness (QED) is 0.771. The summed E-state index contributed by atoms with van der Waals surface area (Å²) in [7, 11) is -3.41. The SMILES string of the molecule is Cc1ccc(S(=O)(=O)N2CCN(CCNC(=O)C3CCCC3)CC2)cc1.Cl. The molecule has 0 spiro atoms. The van der Waals surface area contributed by atoms with Gasteiger partial charge in [-0.3, -0.25) is 9.69 Å². The number of carbonyl (C=O) groups excluding carboxylic acids is 1. The van der Waals surface area contributed by atoms with Crippen LogP contribution >= 0.6 is 12.4 Å². The third-order valence-corrected chi connectivity index (χ3v) is 7.36. The maximum absolute atomic E-state index is 12.7. The number of nitrogens with zero attached hydrogens (tertiary/aromatic N) is 2. The molecule has 0 aromatic heterocycles. The van der Waals surface area contributed by atoms with E-state index in [2.05, 4.69) is 10.2 Å². The first-order valence-electron chi connectivity index (χ1n) is 9.54. The van der Waals surface area contributed by atoms with Crippen LogP contribution in [0.15, 0.2) is 29.2 Å². The Kier molecular flexibility index (Phi) is 8.09. The third-order valence-electron chi connectivity index (χ3n) is 5.44. The Balaban J connectivity index is 0.00000261. The molecule has 0 radical (unpaired) electrons. The fourth-order valence-electron chi connectivity index (χ4n) is 3.72. The Morgan fingerprint density at radius 1 is 1.07 bits per heavy atom. The normalized spacial score (nSPS) is 19.6. The Hall–Kier alpha value is -1.15. The second-order valence-corrected chi connectivity index (χ2v) is 9.27. The van der Waals surface area contributed by atoms with Gasteiger partial charge in [0.1, 0.15) is 0 Å². The summed E-state index contributed by atoms with van der Waals surface area (Å²) in [6.45, 7) is 5.74. The lowest BCUT2D eigenvalue weighted by Gasteiger charge is -2.34. The fraction of sp³-hybridized carbons (Fsp3) is 0.632. The van der Waals surface area contributed by atoms with Gasteiger partial charge in [0, 0.05) is 45.2 Å². The van der Waals surface area contributed by atoms with Crippen molar-refractivity contribution < 1.29 is 13.2 Å². The molecule has 1 aromatic carbocycles. The van der Waals surface area contributed by atoms with E-state index in [-0.39, 0.29) is 24.2 Å². The largest absolute Gasteiger partial charge is 0.355 e. The smallest absolute Gasteiger partial charge is 0.243 e. The van der Waals surface area contributed by atoms with Crippen LogP contribution in [0.25, 0.3) is 0 Å². The van der Waals surface area contributed by atoms with E-state index in [1.54, 1.807) is 16.4 Å². The molecule has 0 unspecified atom stereocenters. The number of hydrogen-bond donors (Lipinski definition) is 1. The van der Waals surface area contributed by atoms with Crippen molar-refractivity contribution in [1.82, 2.24) is 14.5 Å². The summed E-state index contributed by atoms with van der Waals surface area (Å²) in [6, 6.07) is 7.01. The van der Waals surface area contributed by atoms with Crippen molar-refractivity contribution >= 4 is 28.3 Å². The predicted octanol–water partition coefficient (Wildman–Crippen LogP) is 2.03. The van der Waals surface area contributed by atoms with Crippen LogP contribution in [0.5, 0.6) is 0 Å². The van der Waals surface area contributed by atoms with Crippen molar-refractivity contribution in [3.8, 4) is 0 Å². The molecule has 1 heterocycles. The Morgan fingerprint density at radius 2 is 1.67 bits per heavy atom. The Bertz CT molecular complexity index is 710. The molecule has 1 N–H and O–H groups in total. The first-order valence-corrected chi connectivity index (χ1v) is 11.0. The van der Waals surface area contributed by atoms with Gasteiger partial charge in [0.25, 0.3) is 0 Å². The third kappa shape index (κ3) is 5.67. The van der Waals surface area contributed by atoms with Gasteiger partial charge < -0.3 is 5.32 Å². The lowest BCUT2D eigenvalue weighted by Crippen LogP contribution is -2.50. The maximum atomic E-state index is 12.7. The molecule has 27 heavy (non-hydrogen) atoms. The second kappa shape index (κ2) is 9.87. The zero-order chi connectivity index (χ0) is 18.6. The first-order chi connectivity index (χ1) is 12.5. The summed E-state index contributed by atoms with van der Waals surface area (Å²) >= 11 is 0. The van der Waals surface area contributed by atoms with Crippen LogP contribution in [0.2, 0.25) is 0 Å². The van der Waals surface area contributed by atoms with Crippen molar-refractivity contribution in [2.24, 2.45) is 5.92 Å². The average Bonchev–Trinajstić information content (AvgIpc) is 3.17. The molecule has 152 valence electrons. The zero-order valence-corrected chi connectivity index (χ0v) is 17.5. The summed E-state index contributed by atoms with van der Waals surface area (Å²) in [5.41, 5.74) is 1.05. The molecule has 0 atom stereocenters. The lowest BCUT2D eigenvalue weighted by molar-refractivity contribution is -0.124. The van der Waals surface area contributed by atoms with E-state index in [4.69, 9.17) is 0 Å². The number of halogens is 1. The Labute approximate surface area is 168 Å². The van der Waals surface area contributed by atoms with E-state index < -0.39 is 10.0 Å². The number of rotatable bonds is 6. The van der Waals surface area contributed by atoms with Crippen LogP contribution in [0.1, 0.15) is 31.2 Å². The van der Waals surface area contributed by atoms with Crippen LogP contribution < -0.4 is 5.32 Å². The minimum atomic E-state index is -3.41. The van der Waals surface area contributed by atoms with Gasteiger partial charge in [-0.05, 0) is 31.9 Å². The molecule has 1 amide bonds. The van der Waals surface area contributed by atoms with E-state index in [0.29, 0.717) is 37.6 Å². The van der Waals surface area contributed by atoms with Crippen molar-refractivity contribution in [1.29, 1.82) is 0 Å². The predicted molar refractivity (Wildman–Crippen MR) is 109 cm³/mol. The minimum Gasteiger partial charge on any atom is -0.355 e. The van der Waals surface area contributed by atoms with Gasteiger partial charge in [-0.15, -0.1) is 12.4 Å². The molecule has 2 fully saturated rings. The van der Waals surface area contributed by atoms with Gasteiger partial charge in [0.15, 0.2) is 0 Å². The lowest BCUT2D eigenvalue weighted by atomic mass is 10.1. The van der Waals surface area contributed by atoms with Crippen molar-refractivity contribution in [2.45, 2.75) is 37.5 Å². The monoisotopic (exact) mass is 415 g/mol. The summed E-state index contributed by atoms with van der Waals surface area (Å²) in [6.07, 6.45) is 4.35. The van der Waals surface area contributed by atoms with Crippen molar-refractivity contribution in [2.75, 3.05) is 39.3 Å². The average molecular weight is 416 g/mol. The number of benzene rings is 1. The van der Waals surface area contributed by atoms with E-state index in [1.807, 2.05) is 19.1 Å².